The van der Waals surface area contributed by atoms with E-state index in [4.69, 9.17) is 0 Å². The zero-order chi connectivity index (χ0) is 17.6. The van der Waals surface area contributed by atoms with Crippen LogP contribution in [0.2, 0.25) is 0 Å². The van der Waals surface area contributed by atoms with Gasteiger partial charge < -0.3 is 9.88 Å². The predicted octanol–water partition coefficient (Wildman–Crippen LogP) is 1.96. The summed E-state index contributed by atoms with van der Waals surface area (Å²) in [5, 5.41) is 7.15. The van der Waals surface area contributed by atoms with E-state index in [0.717, 1.165) is 22.6 Å². The SMILES string of the molecule is Cc1cnn(CCC(=O)NCCn2c(C)cnc2-c2ccncc2)c1. The number of aromatic nitrogens is 5. The van der Waals surface area contributed by atoms with Crippen LogP contribution in [-0.4, -0.2) is 36.8 Å². The maximum atomic E-state index is 12.0. The lowest BCUT2D eigenvalue weighted by atomic mass is 10.2. The third-order valence-electron chi connectivity index (χ3n) is 3.98. The van der Waals surface area contributed by atoms with Gasteiger partial charge >= 0.3 is 0 Å². The Labute approximate surface area is 146 Å². The molecule has 7 nitrogen and oxygen atoms in total. The van der Waals surface area contributed by atoms with Crippen molar-refractivity contribution < 1.29 is 4.79 Å². The van der Waals surface area contributed by atoms with Crippen LogP contribution in [0, 0.1) is 13.8 Å². The molecular weight excluding hydrogens is 316 g/mol. The van der Waals surface area contributed by atoms with Gasteiger partial charge in [0.15, 0.2) is 0 Å². The summed E-state index contributed by atoms with van der Waals surface area (Å²) < 4.78 is 3.89. The predicted molar refractivity (Wildman–Crippen MR) is 94.8 cm³/mol. The van der Waals surface area contributed by atoms with Gasteiger partial charge in [-0.2, -0.15) is 5.10 Å². The molecule has 0 aromatic carbocycles. The lowest BCUT2D eigenvalue weighted by molar-refractivity contribution is -0.121. The second kappa shape index (κ2) is 7.74. The Kier molecular flexibility index (Phi) is 5.23. The summed E-state index contributed by atoms with van der Waals surface area (Å²) >= 11 is 0. The molecule has 0 bridgehead atoms. The first-order chi connectivity index (χ1) is 12.1. The number of amides is 1. The molecule has 25 heavy (non-hydrogen) atoms. The van der Waals surface area contributed by atoms with Gasteiger partial charge in [-0.3, -0.25) is 14.5 Å². The summed E-state index contributed by atoms with van der Waals surface area (Å²) in [6.45, 7) is 5.82. The van der Waals surface area contributed by atoms with Crippen molar-refractivity contribution in [1.82, 2.24) is 29.6 Å². The number of pyridine rings is 1. The number of nitrogens with one attached hydrogen (secondary N) is 1. The largest absolute Gasteiger partial charge is 0.354 e. The Morgan fingerprint density at radius 2 is 1.96 bits per heavy atom. The lowest BCUT2D eigenvalue weighted by Gasteiger charge is -2.11. The normalized spacial score (nSPS) is 10.8. The van der Waals surface area contributed by atoms with Crippen molar-refractivity contribution in [3.05, 3.63) is 54.4 Å². The van der Waals surface area contributed by atoms with Gasteiger partial charge in [-0.1, -0.05) is 0 Å². The van der Waals surface area contributed by atoms with Crippen molar-refractivity contribution in [2.75, 3.05) is 6.54 Å². The number of imidazole rings is 1. The second-order valence-electron chi connectivity index (χ2n) is 5.99. The second-order valence-corrected chi connectivity index (χ2v) is 5.99. The van der Waals surface area contributed by atoms with Crippen molar-refractivity contribution >= 4 is 5.91 Å². The fourth-order valence-corrected chi connectivity index (χ4v) is 2.68. The Bertz CT molecular complexity index is 836. The minimum atomic E-state index is 0.0244. The van der Waals surface area contributed by atoms with E-state index in [1.807, 2.05) is 38.4 Å². The fraction of sp³-hybridized carbons (Fsp3) is 0.333. The van der Waals surface area contributed by atoms with E-state index in [2.05, 4.69) is 25.0 Å². The van der Waals surface area contributed by atoms with E-state index in [1.54, 1.807) is 23.3 Å². The van der Waals surface area contributed by atoms with E-state index >= 15 is 0 Å². The van der Waals surface area contributed by atoms with E-state index in [9.17, 15) is 4.79 Å². The number of aryl methyl sites for hydroxylation is 3. The monoisotopic (exact) mass is 338 g/mol. The van der Waals surface area contributed by atoms with Gasteiger partial charge in [-0.15, -0.1) is 0 Å². The van der Waals surface area contributed by atoms with E-state index in [0.29, 0.717) is 26.1 Å². The molecule has 0 aliphatic rings. The first-order valence-electron chi connectivity index (χ1n) is 8.32. The van der Waals surface area contributed by atoms with Gasteiger partial charge in [0.1, 0.15) is 5.82 Å². The van der Waals surface area contributed by atoms with E-state index < -0.39 is 0 Å². The summed E-state index contributed by atoms with van der Waals surface area (Å²) in [6, 6.07) is 3.87. The van der Waals surface area contributed by atoms with Crippen molar-refractivity contribution in [1.29, 1.82) is 0 Å². The molecule has 0 atom stereocenters. The molecular formula is C18H22N6O. The van der Waals surface area contributed by atoms with Gasteiger partial charge in [0.25, 0.3) is 0 Å². The molecule has 7 heteroatoms. The first-order valence-corrected chi connectivity index (χ1v) is 8.32. The number of carbonyl (C=O) groups is 1. The summed E-state index contributed by atoms with van der Waals surface area (Å²) in [4.78, 5) is 20.5. The minimum absolute atomic E-state index is 0.0244. The van der Waals surface area contributed by atoms with Crippen molar-refractivity contribution in [3.8, 4) is 11.4 Å². The molecule has 1 N–H and O–H groups in total. The van der Waals surface area contributed by atoms with Crippen molar-refractivity contribution in [2.24, 2.45) is 0 Å². The third-order valence-corrected chi connectivity index (χ3v) is 3.98. The smallest absolute Gasteiger partial charge is 0.221 e. The number of rotatable bonds is 7. The molecule has 0 aliphatic heterocycles. The molecule has 0 fully saturated rings. The highest BCUT2D eigenvalue weighted by molar-refractivity contribution is 5.75. The maximum absolute atomic E-state index is 12.0. The standard InChI is InChI=1S/C18H22N6O/c1-14-11-22-23(13-14)9-5-17(25)20-8-10-24-15(2)12-21-18(24)16-3-6-19-7-4-16/h3-4,6-7,11-13H,5,8-10H2,1-2H3,(H,20,25). The Morgan fingerprint density at radius 1 is 1.16 bits per heavy atom. The molecule has 130 valence electrons. The number of carbonyl (C=O) groups excluding carboxylic acids is 1. The Morgan fingerprint density at radius 3 is 2.68 bits per heavy atom. The van der Waals surface area contributed by atoms with Gasteiger partial charge in [-0.05, 0) is 31.5 Å². The van der Waals surface area contributed by atoms with E-state index in [1.165, 1.54) is 0 Å². The summed E-state index contributed by atoms with van der Waals surface area (Å²) in [6.07, 6.45) is 9.49. The lowest BCUT2D eigenvalue weighted by Crippen LogP contribution is -2.28. The average Bonchev–Trinajstić information content (AvgIpc) is 3.20. The molecule has 3 heterocycles. The van der Waals surface area contributed by atoms with Crippen molar-refractivity contribution in [3.63, 3.8) is 0 Å². The molecule has 1 amide bonds. The number of hydrogen-bond donors (Lipinski definition) is 1. The molecule has 3 rings (SSSR count). The van der Waals surface area contributed by atoms with Crippen LogP contribution < -0.4 is 5.32 Å². The summed E-state index contributed by atoms with van der Waals surface area (Å²) in [7, 11) is 0. The molecule has 0 spiro atoms. The number of hydrogen-bond acceptors (Lipinski definition) is 4. The Hall–Kier alpha value is -2.96. The summed E-state index contributed by atoms with van der Waals surface area (Å²) in [5.74, 6) is 0.914. The maximum Gasteiger partial charge on any atom is 0.221 e. The highest BCUT2D eigenvalue weighted by Gasteiger charge is 2.09. The van der Waals surface area contributed by atoms with Crippen LogP contribution in [0.1, 0.15) is 17.7 Å². The average molecular weight is 338 g/mol. The van der Waals surface area contributed by atoms with Gasteiger partial charge in [0.2, 0.25) is 5.91 Å². The van der Waals surface area contributed by atoms with Crippen LogP contribution in [-0.2, 0) is 17.9 Å². The van der Waals surface area contributed by atoms with Crippen LogP contribution in [0.25, 0.3) is 11.4 Å². The molecule has 0 aliphatic carbocycles. The van der Waals surface area contributed by atoms with Crippen LogP contribution in [0.4, 0.5) is 0 Å². The first kappa shape index (κ1) is 16.9. The van der Waals surface area contributed by atoms with Gasteiger partial charge in [0, 0.05) is 62.1 Å². The quantitative estimate of drug-likeness (QED) is 0.714. The highest BCUT2D eigenvalue weighted by Crippen LogP contribution is 2.18. The molecule has 3 aromatic heterocycles. The molecule has 3 aromatic rings. The van der Waals surface area contributed by atoms with Crippen LogP contribution in [0.15, 0.2) is 43.1 Å². The van der Waals surface area contributed by atoms with E-state index in [-0.39, 0.29) is 5.91 Å². The highest BCUT2D eigenvalue weighted by atomic mass is 16.1. The zero-order valence-electron chi connectivity index (χ0n) is 14.5. The molecule has 0 radical (unpaired) electrons. The summed E-state index contributed by atoms with van der Waals surface area (Å²) in [5.41, 5.74) is 3.18. The van der Waals surface area contributed by atoms with Crippen LogP contribution in [0.3, 0.4) is 0 Å². The topological polar surface area (TPSA) is 77.6 Å². The zero-order valence-corrected chi connectivity index (χ0v) is 14.5. The molecule has 0 saturated heterocycles. The molecule has 0 saturated carbocycles. The van der Waals surface area contributed by atoms with Gasteiger partial charge in [0.05, 0.1) is 6.20 Å². The third kappa shape index (κ3) is 4.32. The van der Waals surface area contributed by atoms with Crippen LogP contribution >= 0.6 is 0 Å². The van der Waals surface area contributed by atoms with Gasteiger partial charge in [-0.25, -0.2) is 4.98 Å². The van der Waals surface area contributed by atoms with Crippen molar-refractivity contribution in [2.45, 2.75) is 33.4 Å². The molecule has 0 unspecified atom stereocenters. The minimum Gasteiger partial charge on any atom is -0.354 e. The number of nitrogens with zero attached hydrogens (tertiary/aromatic N) is 5. The van der Waals surface area contributed by atoms with Crippen LogP contribution in [0.5, 0.6) is 0 Å². The Balaban J connectivity index is 1.52. The fourth-order valence-electron chi connectivity index (χ4n) is 2.68.